The van der Waals surface area contributed by atoms with E-state index in [-0.39, 0.29) is 5.78 Å². The molecule has 0 spiro atoms. The molecule has 5 nitrogen and oxygen atoms in total. The lowest BCUT2D eigenvalue weighted by Crippen LogP contribution is -2.22. The molecule has 0 aliphatic rings. The van der Waals surface area contributed by atoms with Gasteiger partial charge in [-0.15, -0.1) is 0 Å². The first-order valence-electron chi connectivity index (χ1n) is 6.26. The van der Waals surface area contributed by atoms with E-state index in [0.717, 1.165) is 6.54 Å². The molecule has 0 amide bonds. The number of anilines is 1. The van der Waals surface area contributed by atoms with Crippen molar-refractivity contribution in [1.29, 1.82) is 0 Å². The standard InChI is InChI=1S/C14H17ClN4O/c1-18(2)7-8-19-13(11(15)9-17-19)14(20)10-5-3-4-6-12(10)16/h3-6,9H,7-8,16H2,1-2H3. The van der Waals surface area contributed by atoms with Gasteiger partial charge in [0, 0.05) is 17.8 Å². The van der Waals surface area contributed by atoms with Gasteiger partial charge in [0.25, 0.3) is 0 Å². The van der Waals surface area contributed by atoms with Gasteiger partial charge in [0.15, 0.2) is 0 Å². The van der Waals surface area contributed by atoms with Crippen molar-refractivity contribution >= 4 is 23.1 Å². The highest BCUT2D eigenvalue weighted by Gasteiger charge is 2.20. The summed E-state index contributed by atoms with van der Waals surface area (Å²) in [5, 5.41) is 4.50. The number of benzene rings is 1. The molecule has 2 rings (SSSR count). The molecule has 2 N–H and O–H groups in total. The van der Waals surface area contributed by atoms with Crippen molar-refractivity contribution in [2.24, 2.45) is 0 Å². The average Bonchev–Trinajstić information content (AvgIpc) is 2.77. The minimum atomic E-state index is -0.204. The molecule has 0 saturated heterocycles. The lowest BCUT2D eigenvalue weighted by atomic mass is 10.1. The van der Waals surface area contributed by atoms with Crippen LogP contribution in [0.15, 0.2) is 30.5 Å². The van der Waals surface area contributed by atoms with Crippen molar-refractivity contribution < 1.29 is 4.79 Å². The Bertz CT molecular complexity index is 621. The van der Waals surface area contributed by atoms with Crippen molar-refractivity contribution in [2.45, 2.75) is 6.54 Å². The van der Waals surface area contributed by atoms with Crippen molar-refractivity contribution in [1.82, 2.24) is 14.7 Å². The van der Waals surface area contributed by atoms with Gasteiger partial charge >= 0.3 is 0 Å². The van der Waals surface area contributed by atoms with E-state index >= 15 is 0 Å². The van der Waals surface area contributed by atoms with Gasteiger partial charge in [-0.25, -0.2) is 0 Å². The number of carbonyl (C=O) groups is 1. The van der Waals surface area contributed by atoms with Crippen LogP contribution in [-0.4, -0.2) is 41.1 Å². The van der Waals surface area contributed by atoms with E-state index in [2.05, 4.69) is 5.10 Å². The Morgan fingerprint density at radius 3 is 2.75 bits per heavy atom. The summed E-state index contributed by atoms with van der Waals surface area (Å²) in [5.74, 6) is -0.204. The van der Waals surface area contributed by atoms with Gasteiger partial charge in [-0.3, -0.25) is 9.48 Å². The molecule has 0 saturated carbocycles. The largest absolute Gasteiger partial charge is 0.398 e. The van der Waals surface area contributed by atoms with Crippen LogP contribution in [0.2, 0.25) is 5.02 Å². The molecule has 2 aromatic rings. The number of ketones is 1. The molecule has 0 unspecified atom stereocenters. The van der Waals surface area contributed by atoms with Crippen LogP contribution in [0.3, 0.4) is 0 Å². The molecule has 1 aromatic carbocycles. The second kappa shape index (κ2) is 6.07. The number of nitrogens with zero attached hydrogens (tertiary/aromatic N) is 3. The number of likely N-dealkylation sites (N-methyl/N-ethyl adjacent to an activating group) is 1. The third kappa shape index (κ3) is 3.00. The molecule has 20 heavy (non-hydrogen) atoms. The zero-order valence-electron chi connectivity index (χ0n) is 11.5. The average molecular weight is 293 g/mol. The van der Waals surface area contributed by atoms with Crippen LogP contribution in [0.4, 0.5) is 5.69 Å². The number of hydrogen-bond acceptors (Lipinski definition) is 4. The number of hydrogen-bond donors (Lipinski definition) is 1. The van der Waals surface area contributed by atoms with Crippen LogP contribution in [-0.2, 0) is 6.54 Å². The maximum absolute atomic E-state index is 12.6. The van der Waals surface area contributed by atoms with E-state index in [9.17, 15) is 4.79 Å². The van der Waals surface area contributed by atoms with Gasteiger partial charge in [0.2, 0.25) is 5.78 Å². The van der Waals surface area contributed by atoms with Gasteiger partial charge in [-0.05, 0) is 26.2 Å². The van der Waals surface area contributed by atoms with Crippen molar-refractivity contribution in [3.05, 3.63) is 46.7 Å². The number of aromatic nitrogens is 2. The van der Waals surface area contributed by atoms with Crippen LogP contribution in [0.25, 0.3) is 0 Å². The number of para-hydroxylation sites is 1. The molecule has 0 aliphatic heterocycles. The Hall–Kier alpha value is -1.85. The number of rotatable bonds is 5. The third-order valence-corrected chi connectivity index (χ3v) is 3.25. The van der Waals surface area contributed by atoms with Crippen molar-refractivity contribution in [3.8, 4) is 0 Å². The lowest BCUT2D eigenvalue weighted by molar-refractivity contribution is 0.102. The van der Waals surface area contributed by atoms with Crippen LogP contribution in [0.1, 0.15) is 16.1 Å². The van der Waals surface area contributed by atoms with Gasteiger partial charge in [-0.2, -0.15) is 5.10 Å². The summed E-state index contributed by atoms with van der Waals surface area (Å²) in [5.41, 5.74) is 7.11. The third-order valence-electron chi connectivity index (χ3n) is 2.97. The van der Waals surface area contributed by atoms with Crippen LogP contribution in [0.5, 0.6) is 0 Å². The molecule has 0 fully saturated rings. The predicted molar refractivity (Wildman–Crippen MR) is 80.1 cm³/mol. The minimum Gasteiger partial charge on any atom is -0.398 e. The second-order valence-corrected chi connectivity index (χ2v) is 5.19. The summed E-state index contributed by atoms with van der Waals surface area (Å²) < 4.78 is 1.62. The highest BCUT2D eigenvalue weighted by atomic mass is 35.5. The molecule has 1 aromatic heterocycles. The molecular formula is C14H17ClN4O. The van der Waals surface area contributed by atoms with E-state index in [1.54, 1.807) is 28.9 Å². The summed E-state index contributed by atoms with van der Waals surface area (Å²) in [6.07, 6.45) is 1.49. The van der Waals surface area contributed by atoms with Crippen LogP contribution < -0.4 is 5.73 Å². The normalized spacial score (nSPS) is 11.0. The Balaban J connectivity index is 2.35. The van der Waals surface area contributed by atoms with Gasteiger partial charge < -0.3 is 10.6 Å². The highest BCUT2D eigenvalue weighted by molar-refractivity contribution is 6.34. The van der Waals surface area contributed by atoms with Gasteiger partial charge in [0.05, 0.1) is 17.8 Å². The summed E-state index contributed by atoms with van der Waals surface area (Å²) in [7, 11) is 3.92. The molecule has 1 heterocycles. The first-order valence-corrected chi connectivity index (χ1v) is 6.63. The monoisotopic (exact) mass is 292 g/mol. The SMILES string of the molecule is CN(C)CCn1ncc(Cl)c1C(=O)c1ccccc1N. The fourth-order valence-corrected chi connectivity index (χ4v) is 2.11. The Kier molecular flexibility index (Phi) is 4.42. The van der Waals surface area contributed by atoms with Crippen LogP contribution in [0, 0.1) is 0 Å². The zero-order valence-corrected chi connectivity index (χ0v) is 12.3. The summed E-state index contributed by atoms with van der Waals surface area (Å²) in [6, 6.07) is 6.95. The molecule has 0 radical (unpaired) electrons. The first-order chi connectivity index (χ1) is 9.50. The summed E-state index contributed by atoms with van der Waals surface area (Å²) >= 11 is 6.10. The molecule has 6 heteroatoms. The number of nitrogen functional groups attached to an aromatic ring is 1. The lowest BCUT2D eigenvalue weighted by Gasteiger charge is -2.12. The highest BCUT2D eigenvalue weighted by Crippen LogP contribution is 2.22. The van der Waals surface area contributed by atoms with Gasteiger partial charge in [0.1, 0.15) is 5.69 Å². The smallest absolute Gasteiger partial charge is 0.214 e. The molecule has 0 atom stereocenters. The fraction of sp³-hybridized carbons (Fsp3) is 0.286. The van der Waals surface area contributed by atoms with E-state index in [1.165, 1.54) is 6.20 Å². The summed E-state index contributed by atoms with van der Waals surface area (Å²) in [4.78, 5) is 14.6. The van der Waals surface area contributed by atoms with E-state index < -0.39 is 0 Å². The minimum absolute atomic E-state index is 0.204. The topological polar surface area (TPSA) is 64.2 Å². The number of carbonyl (C=O) groups excluding carboxylic acids is 1. The maximum Gasteiger partial charge on any atom is 0.214 e. The van der Waals surface area contributed by atoms with Crippen molar-refractivity contribution in [2.75, 3.05) is 26.4 Å². The molecule has 0 aliphatic carbocycles. The maximum atomic E-state index is 12.6. The Morgan fingerprint density at radius 2 is 2.10 bits per heavy atom. The van der Waals surface area contributed by atoms with Crippen LogP contribution >= 0.6 is 11.6 Å². The van der Waals surface area contributed by atoms with Crippen molar-refractivity contribution in [3.63, 3.8) is 0 Å². The van der Waals surface area contributed by atoms with E-state index in [1.807, 2.05) is 19.0 Å². The van der Waals surface area contributed by atoms with Gasteiger partial charge in [-0.1, -0.05) is 23.7 Å². The molecule has 0 bridgehead atoms. The summed E-state index contributed by atoms with van der Waals surface area (Å²) in [6.45, 7) is 1.36. The number of nitrogens with two attached hydrogens (primary N) is 1. The quantitative estimate of drug-likeness (QED) is 0.675. The Labute approximate surface area is 122 Å². The number of halogens is 1. The second-order valence-electron chi connectivity index (χ2n) is 4.78. The Morgan fingerprint density at radius 1 is 1.40 bits per heavy atom. The van der Waals surface area contributed by atoms with E-state index in [4.69, 9.17) is 17.3 Å². The zero-order chi connectivity index (χ0) is 14.7. The predicted octanol–water partition coefficient (Wildman–Crippen LogP) is 1.91. The molecular weight excluding hydrogens is 276 g/mol. The molecule has 106 valence electrons. The first kappa shape index (κ1) is 14.6. The fourth-order valence-electron chi connectivity index (χ4n) is 1.88. The van der Waals surface area contributed by atoms with E-state index in [0.29, 0.717) is 28.5 Å².